The van der Waals surface area contributed by atoms with E-state index in [1.54, 1.807) is 18.2 Å². The molecule has 1 unspecified atom stereocenters. The summed E-state index contributed by atoms with van der Waals surface area (Å²) in [5.74, 6) is -1.54. The number of benzene rings is 1. The molecule has 0 fully saturated rings. The number of rotatable bonds is 9. The van der Waals surface area contributed by atoms with Gasteiger partial charge in [-0.3, -0.25) is 19.3 Å². The lowest BCUT2D eigenvalue weighted by atomic mass is 10.1. The Labute approximate surface area is 145 Å². The molecule has 3 amide bonds. The fourth-order valence-electron chi connectivity index (χ4n) is 2.83. The van der Waals surface area contributed by atoms with Crippen LogP contribution in [0.5, 0.6) is 0 Å². The number of nitrogens with one attached hydrogen (secondary N) is 2. The summed E-state index contributed by atoms with van der Waals surface area (Å²) in [6, 6.07) is 3.94. The van der Waals surface area contributed by atoms with Crippen molar-refractivity contribution in [1.82, 2.24) is 10.2 Å². The van der Waals surface area contributed by atoms with Gasteiger partial charge in [0, 0.05) is 25.7 Å². The largest absolute Gasteiger partial charge is 0.384 e. The third-order valence-corrected chi connectivity index (χ3v) is 4.06. The molecule has 1 aromatic carbocycles. The number of amides is 3. The molecule has 1 aromatic rings. The number of carbonyl (C=O) groups excluding carboxylic acids is 4. The number of hydrogen-bond acceptors (Lipinski definition) is 6. The van der Waals surface area contributed by atoms with Crippen LogP contribution in [0.1, 0.15) is 40.0 Å². The van der Waals surface area contributed by atoms with E-state index in [2.05, 4.69) is 10.6 Å². The summed E-state index contributed by atoms with van der Waals surface area (Å²) in [4.78, 5) is 49.3. The molecular formula is C17H22N4O4. The Kier molecular flexibility index (Phi) is 6.24. The van der Waals surface area contributed by atoms with Crippen LogP contribution in [0.4, 0.5) is 5.69 Å². The number of hydrogen-bond donors (Lipinski definition) is 3. The van der Waals surface area contributed by atoms with Crippen LogP contribution in [0, 0.1) is 0 Å². The van der Waals surface area contributed by atoms with Gasteiger partial charge in [0.1, 0.15) is 12.3 Å². The Bertz CT molecular complexity index is 689. The highest BCUT2D eigenvalue weighted by atomic mass is 16.2. The molecule has 0 radical (unpaired) electrons. The summed E-state index contributed by atoms with van der Waals surface area (Å²) < 4.78 is 0. The van der Waals surface area contributed by atoms with Gasteiger partial charge >= 0.3 is 0 Å². The van der Waals surface area contributed by atoms with Crippen molar-refractivity contribution in [2.24, 2.45) is 5.73 Å². The normalized spacial score (nSPS) is 14.2. The second-order valence-corrected chi connectivity index (χ2v) is 5.65. The minimum absolute atomic E-state index is 0.0765. The standard InChI is InChI=1S/C17H22N4O4/c1-19-15(23)13(7-3-10-22)21-16(24)11-5-2-6-12(14(11)17(21)25)20-9-4-8-18/h2,5-6,10,13,20H,3-4,7-9,18H2,1H3,(H,19,23). The molecule has 0 spiro atoms. The highest BCUT2D eigenvalue weighted by molar-refractivity contribution is 6.25. The van der Waals surface area contributed by atoms with E-state index in [9.17, 15) is 19.2 Å². The molecule has 4 N–H and O–H groups in total. The first-order valence-corrected chi connectivity index (χ1v) is 8.16. The van der Waals surface area contributed by atoms with Crippen LogP contribution in [0.3, 0.4) is 0 Å². The number of nitrogens with zero attached hydrogens (tertiary/aromatic N) is 1. The van der Waals surface area contributed by atoms with Crippen molar-refractivity contribution in [3.05, 3.63) is 29.3 Å². The summed E-state index contributed by atoms with van der Waals surface area (Å²) in [6.45, 7) is 1.07. The zero-order valence-electron chi connectivity index (χ0n) is 14.1. The van der Waals surface area contributed by atoms with Crippen LogP contribution in [-0.4, -0.2) is 55.1 Å². The molecule has 1 aliphatic heterocycles. The Morgan fingerprint density at radius 2 is 2.08 bits per heavy atom. The van der Waals surface area contributed by atoms with E-state index >= 15 is 0 Å². The first-order chi connectivity index (χ1) is 12.1. The molecule has 1 atom stereocenters. The predicted molar refractivity (Wildman–Crippen MR) is 92.3 cm³/mol. The van der Waals surface area contributed by atoms with Crippen molar-refractivity contribution in [3.63, 3.8) is 0 Å². The summed E-state index contributed by atoms with van der Waals surface area (Å²) in [5, 5.41) is 5.55. The van der Waals surface area contributed by atoms with E-state index in [4.69, 9.17) is 5.73 Å². The van der Waals surface area contributed by atoms with Gasteiger partial charge < -0.3 is 21.2 Å². The first-order valence-electron chi connectivity index (χ1n) is 8.16. The average Bonchev–Trinajstić information content (AvgIpc) is 2.87. The number of anilines is 1. The minimum atomic E-state index is -1.01. The third kappa shape index (κ3) is 3.69. The van der Waals surface area contributed by atoms with Crippen molar-refractivity contribution >= 4 is 29.7 Å². The Balaban J connectivity index is 2.35. The van der Waals surface area contributed by atoms with Crippen molar-refractivity contribution < 1.29 is 19.2 Å². The lowest BCUT2D eigenvalue weighted by molar-refractivity contribution is -0.124. The van der Waals surface area contributed by atoms with Gasteiger partial charge in [0.2, 0.25) is 5.91 Å². The molecule has 0 bridgehead atoms. The van der Waals surface area contributed by atoms with Crippen molar-refractivity contribution in [3.8, 4) is 0 Å². The molecule has 8 nitrogen and oxygen atoms in total. The van der Waals surface area contributed by atoms with Crippen molar-refractivity contribution in [2.75, 3.05) is 25.5 Å². The highest BCUT2D eigenvalue weighted by Crippen LogP contribution is 2.31. The van der Waals surface area contributed by atoms with E-state index in [0.717, 1.165) is 11.3 Å². The van der Waals surface area contributed by atoms with Gasteiger partial charge in [-0.1, -0.05) is 6.07 Å². The first kappa shape index (κ1) is 18.6. The van der Waals surface area contributed by atoms with Crippen LogP contribution in [0.25, 0.3) is 0 Å². The molecule has 0 saturated heterocycles. The van der Waals surface area contributed by atoms with E-state index < -0.39 is 23.8 Å². The fourth-order valence-corrected chi connectivity index (χ4v) is 2.83. The second-order valence-electron chi connectivity index (χ2n) is 5.65. The van der Waals surface area contributed by atoms with E-state index in [0.29, 0.717) is 25.1 Å². The van der Waals surface area contributed by atoms with Gasteiger partial charge in [0.15, 0.2) is 0 Å². The Hall–Kier alpha value is -2.74. The van der Waals surface area contributed by atoms with Crippen LogP contribution in [0.2, 0.25) is 0 Å². The number of aldehydes is 1. The maximum Gasteiger partial charge on any atom is 0.264 e. The van der Waals surface area contributed by atoms with E-state index in [-0.39, 0.29) is 24.0 Å². The lowest BCUT2D eigenvalue weighted by Gasteiger charge is -2.24. The fraction of sp³-hybridized carbons (Fsp3) is 0.412. The third-order valence-electron chi connectivity index (χ3n) is 4.06. The highest BCUT2D eigenvalue weighted by Gasteiger charge is 2.43. The van der Waals surface area contributed by atoms with Crippen LogP contribution in [-0.2, 0) is 9.59 Å². The van der Waals surface area contributed by atoms with Gasteiger partial charge in [0.25, 0.3) is 11.8 Å². The topological polar surface area (TPSA) is 122 Å². The number of nitrogens with two attached hydrogens (primary N) is 1. The van der Waals surface area contributed by atoms with Crippen LogP contribution in [0.15, 0.2) is 18.2 Å². The monoisotopic (exact) mass is 346 g/mol. The quantitative estimate of drug-likeness (QED) is 0.332. The smallest absolute Gasteiger partial charge is 0.264 e. The predicted octanol–water partition coefficient (Wildman–Crippen LogP) is 0.137. The summed E-state index contributed by atoms with van der Waals surface area (Å²) in [5.41, 5.74) is 6.52. The molecule has 1 aliphatic rings. The summed E-state index contributed by atoms with van der Waals surface area (Å²) in [6.07, 6.45) is 1.54. The van der Waals surface area contributed by atoms with Gasteiger partial charge in [-0.25, -0.2) is 0 Å². The van der Waals surface area contributed by atoms with Crippen molar-refractivity contribution in [2.45, 2.75) is 25.3 Å². The van der Waals surface area contributed by atoms with Gasteiger partial charge in [-0.05, 0) is 31.5 Å². The number of fused-ring (bicyclic) bond motifs is 1. The summed E-state index contributed by atoms with van der Waals surface area (Å²) >= 11 is 0. The molecule has 2 rings (SSSR count). The molecular weight excluding hydrogens is 324 g/mol. The van der Waals surface area contributed by atoms with Gasteiger partial charge in [-0.15, -0.1) is 0 Å². The molecule has 25 heavy (non-hydrogen) atoms. The molecule has 8 heteroatoms. The average molecular weight is 346 g/mol. The zero-order valence-corrected chi connectivity index (χ0v) is 14.1. The SMILES string of the molecule is CNC(=O)C(CCC=O)N1C(=O)c2cccc(NCCCN)c2C1=O. The van der Waals surface area contributed by atoms with E-state index in [1.807, 2.05) is 0 Å². The van der Waals surface area contributed by atoms with Gasteiger partial charge in [0.05, 0.1) is 11.1 Å². The Morgan fingerprint density at radius 3 is 2.72 bits per heavy atom. The molecule has 0 aliphatic carbocycles. The maximum atomic E-state index is 12.9. The van der Waals surface area contributed by atoms with Gasteiger partial charge in [-0.2, -0.15) is 0 Å². The lowest BCUT2D eigenvalue weighted by Crippen LogP contribution is -2.48. The number of likely N-dealkylation sites (N-methyl/N-ethyl adjacent to an activating group) is 1. The second kappa shape index (κ2) is 8.39. The maximum absolute atomic E-state index is 12.9. The number of carbonyl (C=O) groups is 4. The Morgan fingerprint density at radius 1 is 1.32 bits per heavy atom. The minimum Gasteiger partial charge on any atom is -0.384 e. The molecule has 134 valence electrons. The summed E-state index contributed by atoms with van der Waals surface area (Å²) in [7, 11) is 1.42. The number of imide groups is 1. The van der Waals surface area contributed by atoms with Crippen molar-refractivity contribution in [1.29, 1.82) is 0 Å². The van der Waals surface area contributed by atoms with E-state index in [1.165, 1.54) is 7.05 Å². The molecule has 1 heterocycles. The molecule has 0 saturated carbocycles. The van der Waals surface area contributed by atoms with Crippen LogP contribution < -0.4 is 16.4 Å². The zero-order chi connectivity index (χ0) is 18.4. The molecule has 0 aromatic heterocycles. The van der Waals surface area contributed by atoms with Crippen LogP contribution >= 0.6 is 0 Å².